The Balaban J connectivity index is -0.000000149. The Hall–Kier alpha value is 0.00351. The molecule has 0 saturated carbocycles. The number of rotatable bonds is 0. The first-order valence-electron chi connectivity index (χ1n) is 2.45. The molecule has 1 aromatic rings. The first-order chi connectivity index (χ1) is 4.39. The molecule has 0 amide bonds. The van der Waals surface area contributed by atoms with E-state index in [2.05, 4.69) is 30.8 Å². The summed E-state index contributed by atoms with van der Waals surface area (Å²) in [5, 5.41) is 0. The van der Waals surface area contributed by atoms with Crippen LogP contribution in [0.2, 0.25) is 0 Å². The van der Waals surface area contributed by atoms with E-state index in [1.54, 1.807) is 0 Å². The van der Waals surface area contributed by atoms with E-state index in [0.29, 0.717) is 0 Å². The Kier molecular flexibility index (Phi) is 19.8. The SMILES string of the molecule is Cc1[c-]cccc1.[CH3-].[CH3-].[Cl][Ni]. The number of hydrogen-bond donors (Lipinski definition) is 0. The van der Waals surface area contributed by atoms with Gasteiger partial charge in [0.25, 0.3) is 0 Å². The molecular weight excluding hydrogens is 202 g/mol. The van der Waals surface area contributed by atoms with Gasteiger partial charge in [-0.1, -0.05) is 6.92 Å². The maximum atomic E-state index is 4.26. The molecule has 0 aliphatic carbocycles. The third-order valence-electron chi connectivity index (χ3n) is 0.865. The molecule has 0 N–H and O–H groups in total. The molecule has 0 nitrogen and oxygen atoms in total. The van der Waals surface area contributed by atoms with Crippen LogP contribution in [0.15, 0.2) is 24.3 Å². The molecule has 0 bridgehead atoms. The fraction of sp³-hybridized carbons (Fsp3) is 0.111. The summed E-state index contributed by atoms with van der Waals surface area (Å²) in [7, 11) is 4.26. The monoisotopic (exact) mass is 214 g/mol. The molecule has 0 spiro atoms. The van der Waals surface area contributed by atoms with E-state index < -0.39 is 0 Å². The van der Waals surface area contributed by atoms with Gasteiger partial charge in [-0.15, -0.1) is 0 Å². The molecule has 0 aliphatic heterocycles. The molecule has 0 unspecified atom stereocenters. The Morgan fingerprint density at radius 2 is 1.82 bits per heavy atom. The van der Waals surface area contributed by atoms with Crippen molar-refractivity contribution in [3.63, 3.8) is 0 Å². The van der Waals surface area contributed by atoms with Crippen molar-refractivity contribution < 1.29 is 14.6 Å². The predicted molar refractivity (Wildman–Crippen MR) is 48.7 cm³/mol. The molecule has 0 fully saturated rings. The van der Waals surface area contributed by atoms with Crippen LogP contribution in [0.4, 0.5) is 0 Å². The van der Waals surface area contributed by atoms with Crippen molar-refractivity contribution >= 4 is 10.2 Å². The van der Waals surface area contributed by atoms with Gasteiger partial charge < -0.3 is 14.9 Å². The Morgan fingerprint density at radius 3 is 2.00 bits per heavy atom. The van der Waals surface area contributed by atoms with Gasteiger partial charge in [0.05, 0.1) is 0 Å². The molecule has 0 atom stereocenters. The second-order valence-electron chi connectivity index (χ2n) is 1.55. The summed E-state index contributed by atoms with van der Waals surface area (Å²) >= 11 is 3.35. The van der Waals surface area contributed by atoms with Crippen LogP contribution in [0.25, 0.3) is 0 Å². The molecule has 0 radical (unpaired) electrons. The van der Waals surface area contributed by atoms with E-state index in [1.165, 1.54) is 5.56 Å². The van der Waals surface area contributed by atoms with Crippen molar-refractivity contribution in [2.75, 3.05) is 0 Å². The van der Waals surface area contributed by atoms with Gasteiger partial charge in [-0.25, -0.2) is 0 Å². The minimum atomic E-state index is 0. The van der Waals surface area contributed by atoms with Gasteiger partial charge in [0.1, 0.15) is 0 Å². The van der Waals surface area contributed by atoms with Crippen LogP contribution >= 0.6 is 10.2 Å². The Morgan fingerprint density at radius 1 is 1.27 bits per heavy atom. The average Bonchev–Trinajstić information content (AvgIpc) is 1.94. The second kappa shape index (κ2) is 12.7. The van der Waals surface area contributed by atoms with Gasteiger partial charge >= 0.3 is 24.8 Å². The molecule has 2 heteroatoms. The maximum absolute atomic E-state index is 4.26. The summed E-state index contributed by atoms with van der Waals surface area (Å²) in [6, 6.07) is 10.9. The molecule has 1 aromatic carbocycles. The zero-order valence-corrected chi connectivity index (χ0v) is 8.75. The second-order valence-corrected chi connectivity index (χ2v) is 1.55. The molecule has 0 aliphatic rings. The Bertz CT molecular complexity index is 139. The molecule has 0 heterocycles. The van der Waals surface area contributed by atoms with Gasteiger partial charge in [0, 0.05) is 0 Å². The molecule has 1 rings (SSSR count). The van der Waals surface area contributed by atoms with Crippen LogP contribution in [-0.2, 0) is 14.6 Å². The number of aryl methyl sites for hydroxylation is 1. The van der Waals surface area contributed by atoms with E-state index in [-0.39, 0.29) is 14.9 Å². The molecular formula is C9H13ClNi-3. The van der Waals surface area contributed by atoms with Gasteiger partial charge in [0.15, 0.2) is 0 Å². The summed E-state index contributed by atoms with van der Waals surface area (Å²) in [4.78, 5) is 0. The topological polar surface area (TPSA) is 0 Å². The number of halogens is 1. The zero-order chi connectivity index (χ0) is 7.11. The van der Waals surface area contributed by atoms with Crippen molar-refractivity contribution in [2.24, 2.45) is 0 Å². The molecule has 69 valence electrons. The van der Waals surface area contributed by atoms with Crippen LogP contribution in [0.5, 0.6) is 0 Å². The standard InChI is InChI=1S/C7H7.2CH3.ClH.Ni/c1-7-5-3-2-4-6-7;;;;/h2-5H,1H3;2*1H3;1H;/q3*-1;;+1/p-1. The van der Waals surface area contributed by atoms with Crippen molar-refractivity contribution in [2.45, 2.75) is 6.92 Å². The first kappa shape index (κ1) is 17.2. The van der Waals surface area contributed by atoms with Crippen molar-refractivity contribution in [1.29, 1.82) is 0 Å². The van der Waals surface area contributed by atoms with Gasteiger partial charge in [-0.2, -0.15) is 35.9 Å². The third kappa shape index (κ3) is 10.0. The molecule has 0 aromatic heterocycles. The number of hydrogen-bond acceptors (Lipinski definition) is 0. The first-order valence-corrected chi connectivity index (χ1v) is 3.81. The normalized spacial score (nSPS) is 6.18. The van der Waals surface area contributed by atoms with E-state index in [4.69, 9.17) is 0 Å². The van der Waals surface area contributed by atoms with Gasteiger partial charge in [-0.3, -0.25) is 0 Å². The minimum absolute atomic E-state index is 0. The van der Waals surface area contributed by atoms with Crippen LogP contribution < -0.4 is 0 Å². The van der Waals surface area contributed by atoms with Crippen molar-refractivity contribution in [3.8, 4) is 0 Å². The summed E-state index contributed by atoms with van der Waals surface area (Å²) in [5.41, 5.74) is 1.20. The third-order valence-corrected chi connectivity index (χ3v) is 0.865. The van der Waals surface area contributed by atoms with E-state index in [1.807, 2.05) is 31.2 Å². The van der Waals surface area contributed by atoms with Crippen LogP contribution in [-0.4, -0.2) is 0 Å². The van der Waals surface area contributed by atoms with Crippen LogP contribution in [0, 0.1) is 27.8 Å². The van der Waals surface area contributed by atoms with Crippen molar-refractivity contribution in [3.05, 3.63) is 50.7 Å². The van der Waals surface area contributed by atoms with Gasteiger partial charge in [0.2, 0.25) is 0 Å². The van der Waals surface area contributed by atoms with Crippen LogP contribution in [0.1, 0.15) is 5.56 Å². The summed E-state index contributed by atoms with van der Waals surface area (Å²) in [6.45, 7) is 2.03. The number of benzene rings is 1. The fourth-order valence-electron chi connectivity index (χ4n) is 0.483. The molecule has 11 heavy (non-hydrogen) atoms. The van der Waals surface area contributed by atoms with E-state index in [0.717, 1.165) is 0 Å². The fourth-order valence-corrected chi connectivity index (χ4v) is 0.483. The van der Waals surface area contributed by atoms with Gasteiger partial charge in [-0.05, 0) is 0 Å². The summed E-state index contributed by atoms with van der Waals surface area (Å²) < 4.78 is 0. The Labute approximate surface area is 82.6 Å². The summed E-state index contributed by atoms with van der Waals surface area (Å²) in [5.74, 6) is 0. The average molecular weight is 215 g/mol. The molecule has 0 saturated heterocycles. The quantitative estimate of drug-likeness (QED) is 0.460. The van der Waals surface area contributed by atoms with E-state index >= 15 is 0 Å². The van der Waals surface area contributed by atoms with Crippen molar-refractivity contribution in [1.82, 2.24) is 0 Å². The van der Waals surface area contributed by atoms with Crippen LogP contribution in [0.3, 0.4) is 0 Å². The van der Waals surface area contributed by atoms with E-state index in [9.17, 15) is 0 Å². The summed E-state index contributed by atoms with van der Waals surface area (Å²) in [6.07, 6.45) is 0. The zero-order valence-electron chi connectivity index (χ0n) is 7.00. The predicted octanol–water partition coefficient (Wildman–Crippen LogP) is 3.38.